The van der Waals surface area contributed by atoms with Crippen molar-refractivity contribution < 1.29 is 4.79 Å². The van der Waals surface area contributed by atoms with Crippen LogP contribution in [0.2, 0.25) is 0 Å². The highest BCUT2D eigenvalue weighted by atomic mass is 16.1. The predicted octanol–water partition coefficient (Wildman–Crippen LogP) is 1.89. The first-order chi connectivity index (χ1) is 10.1. The second kappa shape index (κ2) is 10.5. The summed E-state index contributed by atoms with van der Waals surface area (Å²) in [6, 6.07) is 0. The van der Waals surface area contributed by atoms with E-state index in [1.807, 2.05) is 0 Å². The largest absolute Gasteiger partial charge is 0.356 e. The van der Waals surface area contributed by atoms with Crippen molar-refractivity contribution in [3.63, 3.8) is 0 Å². The normalized spacial score (nSPS) is 16.9. The topological polar surface area (TPSA) is 65.5 Å². The van der Waals surface area contributed by atoms with E-state index >= 15 is 0 Å². The van der Waals surface area contributed by atoms with Crippen molar-refractivity contribution in [2.24, 2.45) is 16.8 Å². The Bertz CT molecular complexity index is 322. The van der Waals surface area contributed by atoms with Crippen LogP contribution in [-0.4, -0.2) is 38.5 Å². The average molecular weight is 296 g/mol. The molecule has 1 saturated carbocycles. The van der Waals surface area contributed by atoms with Gasteiger partial charge in [0.25, 0.3) is 0 Å². The molecule has 0 bridgehead atoms. The summed E-state index contributed by atoms with van der Waals surface area (Å²) in [5.74, 6) is 2.17. The zero-order valence-electron chi connectivity index (χ0n) is 13.9. The fourth-order valence-electron chi connectivity index (χ4n) is 2.63. The standard InChI is InChI=1S/C16H32N4O/c1-13(2)12-20-16(17-3)19-10-9-18-15(21)11-14-7-5-4-6-8-14/h13-14H,4-12H2,1-3H3,(H,18,21)(H2,17,19,20). The van der Waals surface area contributed by atoms with Gasteiger partial charge < -0.3 is 16.0 Å². The quantitative estimate of drug-likeness (QED) is 0.382. The molecule has 5 nitrogen and oxygen atoms in total. The minimum absolute atomic E-state index is 0.189. The van der Waals surface area contributed by atoms with Gasteiger partial charge >= 0.3 is 0 Å². The van der Waals surface area contributed by atoms with Gasteiger partial charge in [0.05, 0.1) is 0 Å². The van der Waals surface area contributed by atoms with Gasteiger partial charge in [-0.25, -0.2) is 0 Å². The van der Waals surface area contributed by atoms with Crippen molar-refractivity contribution in [2.75, 3.05) is 26.7 Å². The van der Waals surface area contributed by atoms with Crippen molar-refractivity contribution in [1.29, 1.82) is 0 Å². The molecular weight excluding hydrogens is 264 g/mol. The smallest absolute Gasteiger partial charge is 0.220 e. The Balaban J connectivity index is 2.07. The van der Waals surface area contributed by atoms with Gasteiger partial charge in [0, 0.05) is 33.1 Å². The zero-order chi connectivity index (χ0) is 15.5. The number of aliphatic imine (C=N–C) groups is 1. The highest BCUT2D eigenvalue weighted by Crippen LogP contribution is 2.25. The number of carbonyl (C=O) groups is 1. The van der Waals surface area contributed by atoms with Crippen LogP contribution in [-0.2, 0) is 4.79 Å². The molecule has 1 amide bonds. The summed E-state index contributed by atoms with van der Waals surface area (Å²) in [6.45, 7) is 6.56. The Kier molecular flexibility index (Phi) is 8.87. The summed E-state index contributed by atoms with van der Waals surface area (Å²) in [5, 5.41) is 9.45. The van der Waals surface area contributed by atoms with Crippen LogP contribution in [0.4, 0.5) is 0 Å². The van der Waals surface area contributed by atoms with Crippen LogP contribution in [0.3, 0.4) is 0 Å². The van der Waals surface area contributed by atoms with E-state index in [4.69, 9.17) is 0 Å². The van der Waals surface area contributed by atoms with Crippen molar-refractivity contribution in [3.05, 3.63) is 0 Å². The van der Waals surface area contributed by atoms with Crippen molar-refractivity contribution in [1.82, 2.24) is 16.0 Å². The average Bonchev–Trinajstić information content (AvgIpc) is 2.47. The molecule has 1 fully saturated rings. The van der Waals surface area contributed by atoms with Crippen LogP contribution < -0.4 is 16.0 Å². The van der Waals surface area contributed by atoms with Gasteiger partial charge in [-0.15, -0.1) is 0 Å². The van der Waals surface area contributed by atoms with E-state index < -0.39 is 0 Å². The third kappa shape index (κ3) is 8.58. The van der Waals surface area contributed by atoms with Gasteiger partial charge in [0.15, 0.2) is 5.96 Å². The molecular formula is C16H32N4O. The molecule has 1 aliphatic carbocycles. The lowest BCUT2D eigenvalue weighted by Crippen LogP contribution is -2.42. The number of nitrogens with zero attached hydrogens (tertiary/aromatic N) is 1. The lowest BCUT2D eigenvalue weighted by Gasteiger charge is -2.21. The predicted molar refractivity (Wildman–Crippen MR) is 88.4 cm³/mol. The van der Waals surface area contributed by atoms with E-state index in [-0.39, 0.29) is 5.91 Å². The molecule has 0 radical (unpaired) electrons. The highest BCUT2D eigenvalue weighted by molar-refractivity contribution is 5.79. The first-order valence-electron chi connectivity index (χ1n) is 8.33. The van der Waals surface area contributed by atoms with E-state index in [0.29, 0.717) is 31.3 Å². The molecule has 0 heterocycles. The molecule has 1 aliphatic rings. The number of hydrogen-bond donors (Lipinski definition) is 3. The SMILES string of the molecule is CN=C(NCCNC(=O)CC1CCCCC1)NCC(C)C. The molecule has 5 heteroatoms. The summed E-state index contributed by atoms with van der Waals surface area (Å²) in [7, 11) is 1.76. The molecule has 1 rings (SSSR count). The molecule has 0 unspecified atom stereocenters. The summed E-state index contributed by atoms with van der Waals surface area (Å²) >= 11 is 0. The van der Waals surface area contributed by atoms with Crippen LogP contribution in [0.15, 0.2) is 4.99 Å². The third-order valence-corrected chi connectivity index (χ3v) is 3.84. The third-order valence-electron chi connectivity index (χ3n) is 3.84. The number of guanidine groups is 1. The molecule has 3 N–H and O–H groups in total. The van der Waals surface area contributed by atoms with Crippen LogP contribution >= 0.6 is 0 Å². The number of hydrogen-bond acceptors (Lipinski definition) is 2. The summed E-state index contributed by atoms with van der Waals surface area (Å²) in [6.07, 6.45) is 7.05. The summed E-state index contributed by atoms with van der Waals surface area (Å²) in [5.41, 5.74) is 0. The molecule has 21 heavy (non-hydrogen) atoms. The van der Waals surface area contributed by atoms with Crippen molar-refractivity contribution >= 4 is 11.9 Å². The fourth-order valence-corrected chi connectivity index (χ4v) is 2.63. The van der Waals surface area contributed by atoms with Crippen LogP contribution in [0.25, 0.3) is 0 Å². The molecule has 0 saturated heterocycles. The summed E-state index contributed by atoms with van der Waals surface area (Å²) in [4.78, 5) is 16.0. The maximum absolute atomic E-state index is 11.9. The molecule has 0 aromatic heterocycles. The maximum Gasteiger partial charge on any atom is 0.220 e. The van der Waals surface area contributed by atoms with Crippen LogP contribution in [0.5, 0.6) is 0 Å². The highest BCUT2D eigenvalue weighted by Gasteiger charge is 2.16. The minimum atomic E-state index is 0.189. The van der Waals surface area contributed by atoms with Gasteiger partial charge in [0.1, 0.15) is 0 Å². The van der Waals surface area contributed by atoms with Gasteiger partial charge in [-0.1, -0.05) is 33.1 Å². The zero-order valence-corrected chi connectivity index (χ0v) is 13.9. The van der Waals surface area contributed by atoms with Crippen molar-refractivity contribution in [3.8, 4) is 0 Å². The van der Waals surface area contributed by atoms with E-state index in [2.05, 4.69) is 34.8 Å². The van der Waals surface area contributed by atoms with Gasteiger partial charge in [-0.3, -0.25) is 9.79 Å². The Morgan fingerprint density at radius 3 is 2.38 bits per heavy atom. The van der Waals surface area contributed by atoms with Crippen LogP contribution in [0.1, 0.15) is 52.4 Å². The molecule has 0 aromatic carbocycles. The molecule has 0 atom stereocenters. The lowest BCUT2D eigenvalue weighted by molar-refractivity contribution is -0.122. The summed E-state index contributed by atoms with van der Waals surface area (Å²) < 4.78 is 0. The van der Waals surface area contributed by atoms with E-state index in [1.165, 1.54) is 32.1 Å². The Morgan fingerprint density at radius 1 is 1.10 bits per heavy atom. The fraction of sp³-hybridized carbons (Fsp3) is 0.875. The monoisotopic (exact) mass is 296 g/mol. The van der Waals surface area contributed by atoms with Gasteiger partial charge in [0.2, 0.25) is 5.91 Å². The van der Waals surface area contributed by atoms with Crippen molar-refractivity contribution in [2.45, 2.75) is 52.4 Å². The number of carbonyl (C=O) groups excluding carboxylic acids is 1. The Morgan fingerprint density at radius 2 is 1.76 bits per heavy atom. The molecule has 0 aliphatic heterocycles. The Labute approximate surface area is 129 Å². The second-order valence-electron chi connectivity index (χ2n) is 6.33. The van der Waals surface area contributed by atoms with Crippen LogP contribution in [0, 0.1) is 11.8 Å². The molecule has 0 aromatic rings. The molecule has 122 valence electrons. The number of rotatable bonds is 7. The maximum atomic E-state index is 11.9. The minimum Gasteiger partial charge on any atom is -0.356 e. The number of amides is 1. The first kappa shape index (κ1) is 17.8. The second-order valence-corrected chi connectivity index (χ2v) is 6.33. The molecule has 0 spiro atoms. The first-order valence-corrected chi connectivity index (χ1v) is 8.33. The Hall–Kier alpha value is -1.26. The number of nitrogens with one attached hydrogen (secondary N) is 3. The van der Waals surface area contributed by atoms with E-state index in [1.54, 1.807) is 7.05 Å². The van der Waals surface area contributed by atoms with Gasteiger partial charge in [-0.05, 0) is 24.7 Å². The van der Waals surface area contributed by atoms with E-state index in [0.717, 1.165) is 12.5 Å². The lowest BCUT2D eigenvalue weighted by atomic mass is 9.87. The van der Waals surface area contributed by atoms with Gasteiger partial charge in [-0.2, -0.15) is 0 Å². The van der Waals surface area contributed by atoms with E-state index in [9.17, 15) is 4.79 Å².